The van der Waals surface area contributed by atoms with Gasteiger partial charge in [0, 0.05) is 13.2 Å². The summed E-state index contributed by atoms with van der Waals surface area (Å²) in [6.07, 6.45) is 1.59. The van der Waals surface area contributed by atoms with Gasteiger partial charge in [0.2, 0.25) is 10.0 Å². The van der Waals surface area contributed by atoms with Crippen LogP contribution in [0.15, 0.2) is 29.2 Å². The molecule has 0 amide bonds. The van der Waals surface area contributed by atoms with E-state index in [4.69, 9.17) is 5.11 Å². The van der Waals surface area contributed by atoms with Gasteiger partial charge in [0.05, 0.1) is 4.90 Å². The summed E-state index contributed by atoms with van der Waals surface area (Å²) in [6, 6.07) is 7.09. The molecule has 0 saturated carbocycles. The molecule has 0 spiro atoms. The van der Waals surface area contributed by atoms with Gasteiger partial charge in [-0.25, -0.2) is 13.1 Å². The van der Waals surface area contributed by atoms with Gasteiger partial charge in [0.15, 0.2) is 0 Å². The average molecular weight is 313 g/mol. The predicted molar refractivity (Wildman–Crippen MR) is 85.8 cm³/mol. The minimum Gasteiger partial charge on any atom is -0.396 e. The Balaban J connectivity index is 2.81. The fourth-order valence-electron chi connectivity index (χ4n) is 1.95. The quantitative estimate of drug-likeness (QED) is 0.775. The molecule has 2 N–H and O–H groups in total. The first-order chi connectivity index (χ1) is 9.73. The van der Waals surface area contributed by atoms with Crippen molar-refractivity contribution in [1.82, 2.24) is 4.72 Å². The van der Waals surface area contributed by atoms with Gasteiger partial charge < -0.3 is 5.11 Å². The number of benzene rings is 1. The summed E-state index contributed by atoms with van der Waals surface area (Å²) in [5.41, 5.74) is 1.18. The third-order valence-electron chi connectivity index (χ3n) is 4.07. The molecule has 1 aromatic carbocycles. The van der Waals surface area contributed by atoms with E-state index in [-0.39, 0.29) is 22.8 Å². The number of rotatable bonds is 8. The van der Waals surface area contributed by atoms with Crippen LogP contribution in [0.3, 0.4) is 0 Å². The minimum absolute atomic E-state index is 0.0470. The first kappa shape index (κ1) is 18.1. The van der Waals surface area contributed by atoms with Crippen LogP contribution in [0.4, 0.5) is 0 Å². The number of aliphatic hydroxyl groups is 1. The molecule has 1 unspecified atom stereocenters. The molecule has 21 heavy (non-hydrogen) atoms. The van der Waals surface area contributed by atoms with Crippen LogP contribution in [0.5, 0.6) is 0 Å². The summed E-state index contributed by atoms with van der Waals surface area (Å²) in [5.74, 6) is 0.114. The normalized spacial score (nSPS) is 14.1. The van der Waals surface area contributed by atoms with Crippen molar-refractivity contribution in [2.45, 2.75) is 50.8 Å². The summed E-state index contributed by atoms with van der Waals surface area (Å²) in [5, 5.41) is 8.84. The Hall–Kier alpha value is -0.910. The van der Waals surface area contributed by atoms with Crippen molar-refractivity contribution >= 4 is 10.0 Å². The minimum atomic E-state index is -3.47. The highest BCUT2D eigenvalue weighted by Crippen LogP contribution is 2.27. The molecule has 0 aliphatic rings. The zero-order valence-corrected chi connectivity index (χ0v) is 14.2. The molecule has 120 valence electrons. The Labute approximate surface area is 128 Å². The fourth-order valence-corrected chi connectivity index (χ4v) is 3.11. The average Bonchev–Trinajstić information content (AvgIpc) is 2.46. The zero-order valence-electron chi connectivity index (χ0n) is 13.4. The molecule has 0 aliphatic carbocycles. The highest BCUT2D eigenvalue weighted by Gasteiger charge is 2.20. The summed E-state index contributed by atoms with van der Waals surface area (Å²) in [4.78, 5) is 0.286. The molecule has 1 atom stereocenters. The summed E-state index contributed by atoms with van der Waals surface area (Å²) in [7, 11) is -3.47. The SMILES string of the molecule is CCC(C)(C)c1ccc(S(=O)(=O)NCC(C)CCO)cc1. The maximum atomic E-state index is 12.2. The smallest absolute Gasteiger partial charge is 0.240 e. The number of aliphatic hydroxyl groups excluding tert-OH is 1. The van der Waals surface area contributed by atoms with E-state index >= 15 is 0 Å². The summed E-state index contributed by atoms with van der Waals surface area (Å²) < 4.78 is 27.0. The van der Waals surface area contributed by atoms with E-state index in [1.54, 1.807) is 12.1 Å². The van der Waals surface area contributed by atoms with E-state index < -0.39 is 10.0 Å². The molecule has 0 saturated heterocycles. The third kappa shape index (κ3) is 5.09. The first-order valence-electron chi connectivity index (χ1n) is 7.44. The lowest BCUT2D eigenvalue weighted by Gasteiger charge is -2.23. The van der Waals surface area contributed by atoms with Crippen LogP contribution in [-0.4, -0.2) is 26.7 Å². The summed E-state index contributed by atoms with van der Waals surface area (Å²) >= 11 is 0. The van der Waals surface area contributed by atoms with Crippen LogP contribution >= 0.6 is 0 Å². The largest absolute Gasteiger partial charge is 0.396 e. The van der Waals surface area contributed by atoms with Gasteiger partial charge in [-0.3, -0.25) is 0 Å². The molecule has 0 bridgehead atoms. The lowest BCUT2D eigenvalue weighted by Crippen LogP contribution is -2.29. The second-order valence-corrected chi connectivity index (χ2v) is 8.00. The van der Waals surface area contributed by atoms with Crippen LogP contribution in [0.2, 0.25) is 0 Å². The van der Waals surface area contributed by atoms with Gasteiger partial charge in [0.1, 0.15) is 0 Å². The molecular formula is C16H27NO3S. The van der Waals surface area contributed by atoms with Crippen molar-refractivity contribution < 1.29 is 13.5 Å². The second-order valence-electron chi connectivity index (χ2n) is 6.23. The van der Waals surface area contributed by atoms with E-state index in [0.29, 0.717) is 13.0 Å². The van der Waals surface area contributed by atoms with Crippen molar-refractivity contribution in [2.75, 3.05) is 13.2 Å². The molecule has 0 aliphatic heterocycles. The molecular weight excluding hydrogens is 286 g/mol. The van der Waals surface area contributed by atoms with Gasteiger partial charge in [0.25, 0.3) is 0 Å². The van der Waals surface area contributed by atoms with Crippen molar-refractivity contribution in [1.29, 1.82) is 0 Å². The standard InChI is InChI=1S/C16H27NO3S/c1-5-16(3,4)14-6-8-15(9-7-14)21(19,20)17-12-13(2)10-11-18/h6-9,13,17-18H,5,10-12H2,1-4H3. The van der Waals surface area contributed by atoms with E-state index in [2.05, 4.69) is 25.5 Å². The third-order valence-corrected chi connectivity index (χ3v) is 5.51. The summed E-state index contributed by atoms with van der Waals surface area (Å²) in [6.45, 7) is 8.73. The van der Waals surface area contributed by atoms with Crippen LogP contribution in [0.1, 0.15) is 46.1 Å². The van der Waals surface area contributed by atoms with E-state index in [1.165, 1.54) is 0 Å². The zero-order chi connectivity index (χ0) is 16.1. The van der Waals surface area contributed by atoms with Gasteiger partial charge in [-0.1, -0.05) is 39.8 Å². The first-order valence-corrected chi connectivity index (χ1v) is 8.92. The lowest BCUT2D eigenvalue weighted by atomic mass is 9.82. The van der Waals surface area contributed by atoms with Gasteiger partial charge in [-0.2, -0.15) is 0 Å². The number of hydrogen-bond acceptors (Lipinski definition) is 3. The van der Waals surface area contributed by atoms with Crippen LogP contribution < -0.4 is 4.72 Å². The number of sulfonamides is 1. The van der Waals surface area contributed by atoms with Gasteiger partial charge in [-0.15, -0.1) is 0 Å². The Bertz CT molecular complexity index is 535. The van der Waals surface area contributed by atoms with Crippen LogP contribution in [0.25, 0.3) is 0 Å². The Morgan fingerprint density at radius 3 is 2.29 bits per heavy atom. The Morgan fingerprint density at radius 2 is 1.81 bits per heavy atom. The molecule has 1 aromatic rings. The van der Waals surface area contributed by atoms with E-state index in [0.717, 1.165) is 12.0 Å². The number of nitrogens with one attached hydrogen (secondary N) is 1. The highest BCUT2D eigenvalue weighted by molar-refractivity contribution is 7.89. The van der Waals surface area contributed by atoms with Crippen molar-refractivity contribution in [3.05, 3.63) is 29.8 Å². The van der Waals surface area contributed by atoms with E-state index in [1.807, 2.05) is 19.1 Å². The topological polar surface area (TPSA) is 66.4 Å². The van der Waals surface area contributed by atoms with Crippen LogP contribution in [0, 0.1) is 5.92 Å². The van der Waals surface area contributed by atoms with Crippen molar-refractivity contribution in [2.24, 2.45) is 5.92 Å². The predicted octanol–water partition coefficient (Wildman–Crippen LogP) is 2.67. The molecule has 1 rings (SSSR count). The number of hydrogen-bond donors (Lipinski definition) is 2. The lowest BCUT2D eigenvalue weighted by molar-refractivity contribution is 0.263. The highest BCUT2D eigenvalue weighted by atomic mass is 32.2. The molecule has 5 heteroatoms. The molecule has 4 nitrogen and oxygen atoms in total. The molecule has 0 radical (unpaired) electrons. The van der Waals surface area contributed by atoms with Crippen LogP contribution in [-0.2, 0) is 15.4 Å². The van der Waals surface area contributed by atoms with E-state index in [9.17, 15) is 8.42 Å². The van der Waals surface area contributed by atoms with Gasteiger partial charge >= 0.3 is 0 Å². The monoisotopic (exact) mass is 313 g/mol. The maximum absolute atomic E-state index is 12.2. The Kier molecular flexibility index (Phi) is 6.38. The van der Waals surface area contributed by atoms with Crippen molar-refractivity contribution in [3.63, 3.8) is 0 Å². The second kappa shape index (κ2) is 7.38. The van der Waals surface area contributed by atoms with Crippen molar-refractivity contribution in [3.8, 4) is 0 Å². The van der Waals surface area contributed by atoms with Gasteiger partial charge in [-0.05, 0) is 41.9 Å². The fraction of sp³-hybridized carbons (Fsp3) is 0.625. The molecule has 0 aromatic heterocycles. The Morgan fingerprint density at radius 1 is 1.24 bits per heavy atom. The molecule has 0 fully saturated rings. The maximum Gasteiger partial charge on any atom is 0.240 e. The molecule has 0 heterocycles.